The molecule has 112 valence electrons. The van der Waals surface area contributed by atoms with E-state index >= 15 is 0 Å². The summed E-state index contributed by atoms with van der Waals surface area (Å²) >= 11 is 9.43. The smallest absolute Gasteiger partial charge is 0.165 e. The van der Waals surface area contributed by atoms with Crippen molar-refractivity contribution in [2.24, 2.45) is 5.73 Å². The fourth-order valence-electron chi connectivity index (χ4n) is 2.08. The molecule has 0 aliphatic rings. The minimum absolute atomic E-state index is 0.171. The van der Waals surface area contributed by atoms with Crippen molar-refractivity contribution in [3.05, 3.63) is 56.8 Å². The van der Waals surface area contributed by atoms with E-state index in [1.54, 1.807) is 25.3 Å². The van der Waals surface area contributed by atoms with Gasteiger partial charge in [-0.2, -0.15) is 0 Å². The van der Waals surface area contributed by atoms with Gasteiger partial charge in [-0.25, -0.2) is 4.39 Å². The third-order valence-corrected chi connectivity index (χ3v) is 3.92. The van der Waals surface area contributed by atoms with E-state index < -0.39 is 11.9 Å². The van der Waals surface area contributed by atoms with Crippen LogP contribution in [0, 0.1) is 5.82 Å². The lowest BCUT2D eigenvalue weighted by Gasteiger charge is -2.18. The van der Waals surface area contributed by atoms with E-state index in [4.69, 9.17) is 26.8 Å². The summed E-state index contributed by atoms with van der Waals surface area (Å²) in [7, 11) is 2.95. The highest BCUT2D eigenvalue weighted by Gasteiger charge is 2.19. The van der Waals surface area contributed by atoms with Gasteiger partial charge >= 0.3 is 0 Å². The number of nitrogens with two attached hydrogens (primary N) is 1. The second kappa shape index (κ2) is 6.64. The normalized spacial score (nSPS) is 12.1. The summed E-state index contributed by atoms with van der Waals surface area (Å²) in [6.45, 7) is 0. The van der Waals surface area contributed by atoms with Gasteiger partial charge in [-0.05, 0) is 45.8 Å². The Morgan fingerprint density at radius 3 is 2.48 bits per heavy atom. The third kappa shape index (κ3) is 3.31. The molecule has 2 N–H and O–H groups in total. The zero-order valence-electron chi connectivity index (χ0n) is 11.5. The SMILES string of the molecule is COc1ccc(C(N)c2cc(Cl)cc(Br)c2OC)cc1F. The molecule has 0 aliphatic heterocycles. The average Bonchev–Trinajstić information content (AvgIpc) is 2.45. The lowest BCUT2D eigenvalue weighted by Crippen LogP contribution is -2.14. The van der Waals surface area contributed by atoms with Crippen molar-refractivity contribution in [2.45, 2.75) is 6.04 Å². The van der Waals surface area contributed by atoms with Crippen LogP contribution in [0.15, 0.2) is 34.8 Å². The molecule has 6 heteroatoms. The zero-order valence-corrected chi connectivity index (χ0v) is 13.8. The predicted molar refractivity (Wildman–Crippen MR) is 84.7 cm³/mol. The van der Waals surface area contributed by atoms with Crippen molar-refractivity contribution in [1.29, 1.82) is 0 Å². The molecule has 1 unspecified atom stereocenters. The molecule has 21 heavy (non-hydrogen) atoms. The van der Waals surface area contributed by atoms with E-state index in [2.05, 4.69) is 15.9 Å². The Morgan fingerprint density at radius 2 is 1.90 bits per heavy atom. The van der Waals surface area contributed by atoms with Crippen LogP contribution in [0.25, 0.3) is 0 Å². The fourth-order valence-corrected chi connectivity index (χ4v) is 3.08. The van der Waals surface area contributed by atoms with Crippen LogP contribution >= 0.6 is 27.5 Å². The average molecular weight is 375 g/mol. The maximum absolute atomic E-state index is 13.8. The van der Waals surface area contributed by atoms with Crippen LogP contribution in [0.5, 0.6) is 11.5 Å². The molecule has 0 amide bonds. The highest BCUT2D eigenvalue weighted by Crippen LogP contribution is 2.37. The largest absolute Gasteiger partial charge is 0.495 e. The Labute approximate surface area is 135 Å². The van der Waals surface area contributed by atoms with E-state index in [1.807, 2.05) is 0 Å². The van der Waals surface area contributed by atoms with Gasteiger partial charge in [-0.15, -0.1) is 0 Å². The maximum atomic E-state index is 13.8. The molecular weight excluding hydrogens is 361 g/mol. The molecule has 2 aromatic rings. The molecular formula is C15H14BrClFNO2. The van der Waals surface area contributed by atoms with Gasteiger partial charge in [0.1, 0.15) is 5.75 Å². The Balaban J connectivity index is 2.49. The van der Waals surface area contributed by atoms with Gasteiger partial charge in [0.15, 0.2) is 11.6 Å². The molecule has 0 bridgehead atoms. The Bertz CT molecular complexity index is 666. The third-order valence-electron chi connectivity index (χ3n) is 3.11. The highest BCUT2D eigenvalue weighted by molar-refractivity contribution is 9.10. The molecule has 0 saturated heterocycles. The second-order valence-electron chi connectivity index (χ2n) is 4.38. The van der Waals surface area contributed by atoms with Crippen LogP contribution in [0.3, 0.4) is 0 Å². The molecule has 3 nitrogen and oxygen atoms in total. The Morgan fingerprint density at radius 1 is 1.19 bits per heavy atom. The van der Waals surface area contributed by atoms with E-state index in [0.29, 0.717) is 26.4 Å². The zero-order chi connectivity index (χ0) is 15.6. The highest BCUT2D eigenvalue weighted by atomic mass is 79.9. The molecule has 2 aromatic carbocycles. The number of ether oxygens (including phenoxy) is 2. The minimum Gasteiger partial charge on any atom is -0.495 e. The molecule has 2 rings (SSSR count). The first kappa shape index (κ1) is 16.1. The van der Waals surface area contributed by atoms with Crippen LogP contribution in [-0.4, -0.2) is 14.2 Å². The lowest BCUT2D eigenvalue weighted by atomic mass is 9.98. The minimum atomic E-state index is -0.574. The van der Waals surface area contributed by atoms with Crippen molar-refractivity contribution >= 4 is 27.5 Å². The molecule has 0 aliphatic carbocycles. The first-order valence-electron chi connectivity index (χ1n) is 6.10. The number of hydrogen-bond donors (Lipinski definition) is 1. The molecule has 1 atom stereocenters. The van der Waals surface area contributed by atoms with Gasteiger partial charge in [0.25, 0.3) is 0 Å². The summed E-state index contributed by atoms with van der Waals surface area (Å²) in [5, 5.41) is 0.516. The predicted octanol–water partition coefficient (Wildman–Crippen LogP) is 4.31. The Hall–Kier alpha value is -1.30. The molecule has 0 radical (unpaired) electrons. The topological polar surface area (TPSA) is 44.5 Å². The van der Waals surface area contributed by atoms with Crippen molar-refractivity contribution in [3.8, 4) is 11.5 Å². The van der Waals surface area contributed by atoms with E-state index in [-0.39, 0.29) is 5.75 Å². The number of halogens is 3. The summed E-state index contributed by atoms with van der Waals surface area (Å²) in [5.41, 5.74) is 7.49. The van der Waals surface area contributed by atoms with Gasteiger partial charge < -0.3 is 15.2 Å². The summed E-state index contributed by atoms with van der Waals surface area (Å²) in [6.07, 6.45) is 0. The maximum Gasteiger partial charge on any atom is 0.165 e. The second-order valence-corrected chi connectivity index (χ2v) is 5.67. The van der Waals surface area contributed by atoms with E-state index in [9.17, 15) is 4.39 Å². The summed E-state index contributed by atoms with van der Waals surface area (Å²) in [4.78, 5) is 0. The van der Waals surface area contributed by atoms with Crippen LogP contribution in [0.4, 0.5) is 4.39 Å². The van der Waals surface area contributed by atoms with E-state index in [0.717, 1.165) is 0 Å². The van der Waals surface area contributed by atoms with Crippen LogP contribution in [0.1, 0.15) is 17.2 Å². The van der Waals surface area contributed by atoms with Gasteiger partial charge in [-0.1, -0.05) is 17.7 Å². The van der Waals surface area contributed by atoms with Gasteiger partial charge in [0, 0.05) is 10.6 Å². The number of hydrogen-bond acceptors (Lipinski definition) is 3. The summed E-state index contributed by atoms with van der Waals surface area (Å²) in [6, 6.07) is 7.44. The van der Waals surface area contributed by atoms with Crippen molar-refractivity contribution in [2.75, 3.05) is 14.2 Å². The van der Waals surface area contributed by atoms with Crippen molar-refractivity contribution in [1.82, 2.24) is 0 Å². The number of rotatable bonds is 4. The standard InChI is InChI=1S/C15H14BrClFNO2/c1-20-13-4-3-8(5-12(13)18)14(19)10-6-9(17)7-11(16)15(10)21-2/h3-7,14H,19H2,1-2H3. The summed E-state index contributed by atoms with van der Waals surface area (Å²) < 4.78 is 24.8. The quantitative estimate of drug-likeness (QED) is 0.867. The van der Waals surface area contributed by atoms with Gasteiger partial charge in [0.2, 0.25) is 0 Å². The van der Waals surface area contributed by atoms with Crippen LogP contribution in [-0.2, 0) is 0 Å². The molecule has 0 saturated carbocycles. The number of benzene rings is 2. The number of methoxy groups -OCH3 is 2. The molecule has 0 heterocycles. The van der Waals surface area contributed by atoms with Crippen molar-refractivity contribution < 1.29 is 13.9 Å². The molecule has 0 spiro atoms. The summed E-state index contributed by atoms with van der Waals surface area (Å²) in [5.74, 6) is 0.277. The fraction of sp³-hybridized carbons (Fsp3) is 0.200. The molecule has 0 aromatic heterocycles. The van der Waals surface area contributed by atoms with Crippen molar-refractivity contribution in [3.63, 3.8) is 0 Å². The van der Waals surface area contributed by atoms with Gasteiger partial charge in [0.05, 0.1) is 24.7 Å². The first-order chi connectivity index (χ1) is 9.97. The lowest BCUT2D eigenvalue weighted by molar-refractivity contribution is 0.386. The van der Waals surface area contributed by atoms with Crippen LogP contribution in [0.2, 0.25) is 5.02 Å². The molecule has 0 fully saturated rings. The monoisotopic (exact) mass is 373 g/mol. The van der Waals surface area contributed by atoms with Crippen LogP contribution < -0.4 is 15.2 Å². The van der Waals surface area contributed by atoms with Gasteiger partial charge in [-0.3, -0.25) is 0 Å². The Kier molecular flexibility index (Phi) is 5.08. The van der Waals surface area contributed by atoms with E-state index in [1.165, 1.54) is 19.2 Å². The first-order valence-corrected chi connectivity index (χ1v) is 7.27.